The van der Waals surface area contributed by atoms with Crippen molar-refractivity contribution < 1.29 is 17.2 Å². The number of hydrogen-bond acceptors (Lipinski definition) is 3. The number of alkyl halides is 1. The zero-order valence-electron chi connectivity index (χ0n) is 6.16. The average molecular weight is 211 g/mol. The van der Waals surface area contributed by atoms with Gasteiger partial charge >= 0.3 is 29.3 Å². The van der Waals surface area contributed by atoms with Crippen LogP contribution in [0.5, 0.6) is 0 Å². The van der Waals surface area contributed by atoms with Gasteiger partial charge in [-0.1, -0.05) is 24.9 Å². The van der Waals surface area contributed by atoms with Crippen LogP contribution in [0, 0.1) is 0 Å². The predicted molar refractivity (Wildman–Crippen MR) is 48.9 cm³/mol. The van der Waals surface area contributed by atoms with Crippen molar-refractivity contribution in [3.63, 3.8) is 0 Å². The summed E-state index contributed by atoms with van der Waals surface area (Å²) < 4.78 is 32.3. The van der Waals surface area contributed by atoms with E-state index in [0.717, 1.165) is 12.8 Å². The Morgan fingerprint density at radius 2 is 2.08 bits per heavy atom. The fourth-order valence-corrected chi connectivity index (χ4v) is 1.33. The average Bonchev–Trinajstić information content (AvgIpc) is 1.79. The van der Waals surface area contributed by atoms with Gasteiger partial charge in [-0.2, -0.15) is 8.42 Å². The van der Waals surface area contributed by atoms with Crippen LogP contribution < -0.4 is 0 Å². The zero-order chi connectivity index (χ0) is 8.91. The van der Waals surface area contributed by atoms with Gasteiger partial charge in [0.05, 0.1) is 0 Å². The minimum absolute atomic E-state index is 0. The van der Waals surface area contributed by atoms with E-state index in [2.05, 4.69) is 4.18 Å². The molecule has 70 valence electrons. The summed E-state index contributed by atoms with van der Waals surface area (Å²) in [5.74, 6) is 0. The van der Waals surface area contributed by atoms with Crippen molar-refractivity contribution >= 4 is 40.9 Å². The maximum atomic E-state index is 10.1. The molecule has 0 aromatic heterocycles. The molecule has 0 rings (SSSR count). The van der Waals surface area contributed by atoms with E-state index in [-0.39, 0.29) is 18.9 Å². The van der Waals surface area contributed by atoms with Crippen LogP contribution in [0.15, 0.2) is 0 Å². The SMILES string of the molecule is CCCCC(Cl)OS(=O)(=O)O.[LiH]. The summed E-state index contributed by atoms with van der Waals surface area (Å²) in [7, 11) is -4.39. The molecule has 0 aliphatic rings. The molecule has 4 nitrogen and oxygen atoms in total. The molecule has 0 amide bonds. The van der Waals surface area contributed by atoms with Crippen molar-refractivity contribution in [1.29, 1.82) is 0 Å². The molecule has 0 saturated heterocycles. The van der Waals surface area contributed by atoms with Crippen LogP contribution in [0.25, 0.3) is 0 Å². The van der Waals surface area contributed by atoms with Crippen molar-refractivity contribution in [2.75, 3.05) is 0 Å². The van der Waals surface area contributed by atoms with Gasteiger partial charge < -0.3 is 0 Å². The molecule has 0 aliphatic heterocycles. The third-order valence-electron chi connectivity index (χ3n) is 1.01. The summed E-state index contributed by atoms with van der Waals surface area (Å²) in [6.45, 7) is 1.94. The van der Waals surface area contributed by atoms with Gasteiger partial charge in [-0.05, 0) is 12.8 Å². The Morgan fingerprint density at radius 1 is 1.58 bits per heavy atom. The Morgan fingerprint density at radius 3 is 2.42 bits per heavy atom. The Bertz CT molecular complexity index is 194. The molecule has 1 atom stereocenters. The second kappa shape index (κ2) is 7.19. The second-order valence-corrected chi connectivity index (χ2v) is 3.61. The summed E-state index contributed by atoms with van der Waals surface area (Å²) >= 11 is 5.38. The predicted octanol–water partition coefficient (Wildman–Crippen LogP) is 0.912. The van der Waals surface area contributed by atoms with Crippen LogP contribution in [-0.4, -0.2) is 37.4 Å². The van der Waals surface area contributed by atoms with Crippen LogP contribution >= 0.6 is 11.6 Å². The molecule has 7 heteroatoms. The zero-order valence-corrected chi connectivity index (χ0v) is 7.73. The topological polar surface area (TPSA) is 63.6 Å². The quantitative estimate of drug-likeness (QED) is 0.416. The van der Waals surface area contributed by atoms with E-state index < -0.39 is 16.0 Å². The molecule has 0 aliphatic carbocycles. The molecular weight excluding hydrogens is 199 g/mol. The Kier molecular flexibility index (Phi) is 9.13. The monoisotopic (exact) mass is 210 g/mol. The van der Waals surface area contributed by atoms with E-state index in [1.54, 1.807) is 0 Å². The summed E-state index contributed by atoms with van der Waals surface area (Å²) in [6.07, 6.45) is 2.08. The molecular formula is C5H12ClLiO4S. The third-order valence-corrected chi connectivity index (χ3v) is 1.90. The fourth-order valence-electron chi connectivity index (χ4n) is 0.545. The molecule has 0 aromatic carbocycles. The van der Waals surface area contributed by atoms with Gasteiger partial charge in [-0.3, -0.25) is 4.55 Å². The first kappa shape index (κ1) is 15.2. The van der Waals surface area contributed by atoms with Gasteiger partial charge in [-0.15, -0.1) is 0 Å². The van der Waals surface area contributed by atoms with Crippen molar-refractivity contribution in [2.45, 2.75) is 31.7 Å². The third kappa shape index (κ3) is 10.8. The van der Waals surface area contributed by atoms with Crippen LogP contribution in [0.4, 0.5) is 0 Å². The molecule has 0 radical (unpaired) electrons. The number of unbranched alkanes of at least 4 members (excludes halogenated alkanes) is 1. The van der Waals surface area contributed by atoms with Crippen molar-refractivity contribution in [2.24, 2.45) is 0 Å². The Labute approximate surface area is 89.8 Å². The van der Waals surface area contributed by atoms with Crippen molar-refractivity contribution in [1.82, 2.24) is 0 Å². The fraction of sp³-hybridized carbons (Fsp3) is 1.00. The molecule has 0 bridgehead atoms. The summed E-state index contributed by atoms with van der Waals surface area (Å²) in [6, 6.07) is 0. The second-order valence-electron chi connectivity index (χ2n) is 2.08. The van der Waals surface area contributed by atoms with E-state index in [9.17, 15) is 8.42 Å². The van der Waals surface area contributed by atoms with Gasteiger partial charge in [0.15, 0.2) is 5.56 Å². The van der Waals surface area contributed by atoms with E-state index in [1.807, 2.05) is 6.92 Å². The van der Waals surface area contributed by atoms with Crippen LogP contribution in [-0.2, 0) is 14.6 Å². The molecule has 0 spiro atoms. The van der Waals surface area contributed by atoms with Gasteiger partial charge in [0.25, 0.3) is 0 Å². The van der Waals surface area contributed by atoms with Gasteiger partial charge in [0, 0.05) is 0 Å². The summed E-state index contributed by atoms with van der Waals surface area (Å²) in [4.78, 5) is 0. The van der Waals surface area contributed by atoms with Crippen LogP contribution in [0.2, 0.25) is 0 Å². The van der Waals surface area contributed by atoms with Crippen molar-refractivity contribution in [3.8, 4) is 0 Å². The number of hydrogen-bond donors (Lipinski definition) is 1. The molecule has 12 heavy (non-hydrogen) atoms. The van der Waals surface area contributed by atoms with Gasteiger partial charge in [0.2, 0.25) is 0 Å². The number of halogens is 1. The van der Waals surface area contributed by atoms with E-state index >= 15 is 0 Å². The normalized spacial score (nSPS) is 13.6. The van der Waals surface area contributed by atoms with E-state index in [4.69, 9.17) is 16.2 Å². The molecule has 0 saturated carbocycles. The molecule has 0 aromatic rings. The number of rotatable bonds is 5. The van der Waals surface area contributed by atoms with Gasteiger partial charge in [-0.25, -0.2) is 4.18 Å². The minimum atomic E-state index is -4.39. The first-order valence-corrected chi connectivity index (χ1v) is 5.05. The first-order chi connectivity index (χ1) is 4.95. The Balaban J connectivity index is 0. The van der Waals surface area contributed by atoms with E-state index in [0.29, 0.717) is 6.42 Å². The molecule has 1 N–H and O–H groups in total. The Hall–Kier alpha value is 0.757. The molecule has 0 fully saturated rings. The maximum absolute atomic E-state index is 10.1. The van der Waals surface area contributed by atoms with Crippen LogP contribution in [0.3, 0.4) is 0 Å². The van der Waals surface area contributed by atoms with Crippen LogP contribution in [0.1, 0.15) is 26.2 Å². The standard InChI is InChI=1S/C5H11ClO4S.Li.H/c1-2-3-4-5(6)10-11(7,8)9;;/h5H,2-4H2,1H3,(H,7,8,9);;. The summed E-state index contributed by atoms with van der Waals surface area (Å²) in [5.41, 5.74) is -0.954. The van der Waals surface area contributed by atoms with Crippen molar-refractivity contribution in [3.05, 3.63) is 0 Å². The molecule has 1 unspecified atom stereocenters. The van der Waals surface area contributed by atoms with E-state index in [1.165, 1.54) is 0 Å². The first-order valence-electron chi connectivity index (χ1n) is 3.25. The molecule has 0 heterocycles. The summed E-state index contributed by atoms with van der Waals surface area (Å²) in [5, 5.41) is 0. The van der Waals surface area contributed by atoms with Gasteiger partial charge in [0.1, 0.15) is 0 Å².